The number of esters is 1. The van der Waals surface area contributed by atoms with Gasteiger partial charge in [0.25, 0.3) is 11.8 Å². The Labute approximate surface area is 178 Å². The molecule has 0 amide bonds. The van der Waals surface area contributed by atoms with Crippen molar-refractivity contribution in [3.05, 3.63) is 47.2 Å². The van der Waals surface area contributed by atoms with E-state index < -0.39 is 22.1 Å². The predicted octanol–water partition coefficient (Wildman–Crippen LogP) is 3.41. The Morgan fingerprint density at radius 3 is 2.60 bits per heavy atom. The molecule has 0 fully saturated rings. The Kier molecular flexibility index (Phi) is 6.54. The molecule has 1 aromatic carbocycles. The standard InChI is InChI=1S/C19H21N3O6S2/c1-11(2)22-30(24,25)16-10-13(7-8-14(16)26-4)19(23)27-12(3)17-20-21-18(28-17)15-6-5-9-29-15/h5-12,22H,1-4H3. The van der Waals surface area contributed by atoms with Crippen LogP contribution in [0.2, 0.25) is 0 Å². The number of rotatable bonds is 8. The average molecular weight is 452 g/mol. The first-order chi connectivity index (χ1) is 14.2. The number of carbonyl (C=O) groups excluding carboxylic acids is 1. The van der Waals surface area contributed by atoms with Gasteiger partial charge in [-0.2, -0.15) is 0 Å². The molecule has 1 atom stereocenters. The molecule has 0 saturated carbocycles. The summed E-state index contributed by atoms with van der Waals surface area (Å²) < 4.78 is 43.7. The van der Waals surface area contributed by atoms with Crippen molar-refractivity contribution in [1.29, 1.82) is 0 Å². The van der Waals surface area contributed by atoms with Gasteiger partial charge in [0, 0.05) is 6.04 Å². The topological polar surface area (TPSA) is 121 Å². The smallest absolute Gasteiger partial charge is 0.338 e. The van der Waals surface area contributed by atoms with E-state index in [0.29, 0.717) is 5.89 Å². The molecule has 1 unspecified atom stereocenters. The fourth-order valence-corrected chi connectivity index (χ4v) is 4.66. The Hall–Kier alpha value is -2.76. The van der Waals surface area contributed by atoms with E-state index in [4.69, 9.17) is 13.9 Å². The van der Waals surface area contributed by atoms with Crippen LogP contribution in [0.15, 0.2) is 45.0 Å². The number of benzene rings is 1. The van der Waals surface area contributed by atoms with Crippen molar-refractivity contribution in [3.63, 3.8) is 0 Å². The van der Waals surface area contributed by atoms with Gasteiger partial charge in [0.15, 0.2) is 6.10 Å². The summed E-state index contributed by atoms with van der Waals surface area (Å²) in [6.45, 7) is 4.97. The summed E-state index contributed by atoms with van der Waals surface area (Å²) in [5.41, 5.74) is 0.0461. The fourth-order valence-electron chi connectivity index (χ4n) is 2.57. The van der Waals surface area contributed by atoms with Gasteiger partial charge in [0.05, 0.1) is 17.6 Å². The first-order valence-corrected chi connectivity index (χ1v) is 11.4. The Morgan fingerprint density at radius 1 is 1.20 bits per heavy atom. The van der Waals surface area contributed by atoms with E-state index in [0.717, 1.165) is 4.88 Å². The van der Waals surface area contributed by atoms with Crippen LogP contribution >= 0.6 is 11.3 Å². The summed E-state index contributed by atoms with van der Waals surface area (Å²) >= 11 is 1.44. The maximum Gasteiger partial charge on any atom is 0.338 e. The molecule has 2 aromatic heterocycles. The van der Waals surface area contributed by atoms with E-state index in [2.05, 4.69) is 14.9 Å². The number of hydrogen-bond acceptors (Lipinski definition) is 9. The van der Waals surface area contributed by atoms with Gasteiger partial charge >= 0.3 is 5.97 Å². The summed E-state index contributed by atoms with van der Waals surface area (Å²) in [5, 5.41) is 9.76. The lowest BCUT2D eigenvalue weighted by Gasteiger charge is -2.14. The molecule has 0 aliphatic heterocycles. The van der Waals surface area contributed by atoms with Gasteiger partial charge in [-0.05, 0) is 50.4 Å². The third-order valence-electron chi connectivity index (χ3n) is 3.88. The number of aromatic nitrogens is 2. The van der Waals surface area contributed by atoms with Crippen LogP contribution in [0.3, 0.4) is 0 Å². The first kappa shape index (κ1) is 21.9. The molecule has 0 bridgehead atoms. The number of sulfonamides is 1. The van der Waals surface area contributed by atoms with Crippen molar-refractivity contribution in [2.45, 2.75) is 37.8 Å². The quantitative estimate of drug-likeness (QED) is 0.517. The molecule has 9 nitrogen and oxygen atoms in total. The molecule has 1 N–H and O–H groups in total. The Bertz CT molecular complexity index is 1120. The van der Waals surface area contributed by atoms with Crippen LogP contribution in [-0.4, -0.2) is 37.7 Å². The van der Waals surface area contributed by atoms with Crippen molar-refractivity contribution in [3.8, 4) is 16.5 Å². The highest BCUT2D eigenvalue weighted by Crippen LogP contribution is 2.28. The van der Waals surface area contributed by atoms with Gasteiger partial charge in [0.1, 0.15) is 10.6 Å². The molecule has 0 saturated heterocycles. The Balaban J connectivity index is 1.80. The van der Waals surface area contributed by atoms with Gasteiger partial charge in [-0.1, -0.05) is 6.07 Å². The molecular weight excluding hydrogens is 430 g/mol. The highest BCUT2D eigenvalue weighted by Gasteiger charge is 2.25. The van der Waals surface area contributed by atoms with E-state index >= 15 is 0 Å². The maximum atomic E-state index is 12.6. The molecule has 160 valence electrons. The van der Waals surface area contributed by atoms with Gasteiger partial charge in [-0.15, -0.1) is 21.5 Å². The number of hydrogen-bond donors (Lipinski definition) is 1. The van der Waals surface area contributed by atoms with E-state index in [1.807, 2.05) is 17.5 Å². The van der Waals surface area contributed by atoms with Crippen LogP contribution in [0, 0.1) is 0 Å². The van der Waals surface area contributed by atoms with E-state index in [1.165, 1.54) is 36.6 Å². The number of nitrogens with zero attached hydrogens (tertiary/aromatic N) is 2. The molecule has 3 aromatic rings. The SMILES string of the molecule is COc1ccc(C(=O)OC(C)c2nnc(-c3cccs3)o2)cc1S(=O)(=O)NC(C)C. The summed E-state index contributed by atoms with van der Waals surface area (Å²) in [7, 11) is -2.53. The minimum absolute atomic E-state index is 0.0461. The van der Waals surface area contributed by atoms with Gasteiger partial charge in [-0.3, -0.25) is 0 Å². The van der Waals surface area contributed by atoms with Crippen LogP contribution in [0.4, 0.5) is 0 Å². The summed E-state index contributed by atoms with van der Waals surface area (Å²) in [5.74, 6) is -0.151. The van der Waals surface area contributed by atoms with Crippen molar-refractivity contribution in [2.24, 2.45) is 0 Å². The number of methoxy groups -OCH3 is 1. The molecule has 11 heteroatoms. The number of ether oxygens (including phenoxy) is 2. The molecular formula is C19H21N3O6S2. The lowest BCUT2D eigenvalue weighted by molar-refractivity contribution is 0.0279. The molecule has 0 radical (unpaired) electrons. The van der Waals surface area contributed by atoms with Crippen molar-refractivity contribution in [2.75, 3.05) is 7.11 Å². The highest BCUT2D eigenvalue weighted by atomic mass is 32.2. The van der Waals surface area contributed by atoms with Crippen molar-refractivity contribution < 1.29 is 27.1 Å². The summed E-state index contributed by atoms with van der Waals surface area (Å²) in [6.07, 6.45) is -0.824. The van der Waals surface area contributed by atoms with Crippen LogP contribution in [0.25, 0.3) is 10.8 Å². The summed E-state index contributed by atoms with van der Waals surface area (Å²) in [6, 6.07) is 7.40. The zero-order valence-electron chi connectivity index (χ0n) is 16.8. The van der Waals surface area contributed by atoms with E-state index in [1.54, 1.807) is 20.8 Å². The largest absolute Gasteiger partial charge is 0.495 e. The van der Waals surface area contributed by atoms with Gasteiger partial charge in [0.2, 0.25) is 10.0 Å². The van der Waals surface area contributed by atoms with Crippen molar-refractivity contribution in [1.82, 2.24) is 14.9 Å². The van der Waals surface area contributed by atoms with E-state index in [-0.39, 0.29) is 28.1 Å². The minimum Gasteiger partial charge on any atom is -0.495 e. The van der Waals surface area contributed by atoms with E-state index in [9.17, 15) is 13.2 Å². The lowest BCUT2D eigenvalue weighted by Crippen LogP contribution is -2.30. The minimum atomic E-state index is -3.88. The second-order valence-electron chi connectivity index (χ2n) is 6.61. The molecule has 0 spiro atoms. The maximum absolute atomic E-state index is 12.6. The van der Waals surface area contributed by atoms with Gasteiger partial charge < -0.3 is 13.9 Å². The highest BCUT2D eigenvalue weighted by molar-refractivity contribution is 7.89. The number of thiophene rings is 1. The zero-order valence-corrected chi connectivity index (χ0v) is 18.4. The number of nitrogens with one attached hydrogen (secondary N) is 1. The first-order valence-electron chi connectivity index (χ1n) is 9.00. The van der Waals surface area contributed by atoms with Crippen LogP contribution in [0.1, 0.15) is 43.1 Å². The van der Waals surface area contributed by atoms with Crippen LogP contribution in [-0.2, 0) is 14.8 Å². The molecule has 2 heterocycles. The molecule has 0 aliphatic carbocycles. The Morgan fingerprint density at radius 2 is 1.97 bits per heavy atom. The monoisotopic (exact) mass is 451 g/mol. The second kappa shape index (κ2) is 8.94. The molecule has 30 heavy (non-hydrogen) atoms. The normalized spacial score (nSPS) is 12.7. The van der Waals surface area contributed by atoms with Gasteiger partial charge in [-0.25, -0.2) is 17.9 Å². The van der Waals surface area contributed by atoms with Crippen LogP contribution in [0.5, 0.6) is 5.75 Å². The number of carbonyl (C=O) groups is 1. The third-order valence-corrected chi connectivity index (χ3v) is 6.42. The zero-order chi connectivity index (χ0) is 21.9. The second-order valence-corrected chi connectivity index (χ2v) is 9.24. The average Bonchev–Trinajstić information content (AvgIpc) is 3.37. The van der Waals surface area contributed by atoms with Crippen molar-refractivity contribution >= 4 is 27.3 Å². The lowest BCUT2D eigenvalue weighted by atomic mass is 10.2. The predicted molar refractivity (Wildman–Crippen MR) is 110 cm³/mol. The molecule has 0 aliphatic rings. The fraction of sp³-hybridized carbons (Fsp3) is 0.316. The van der Waals surface area contributed by atoms with Crippen LogP contribution < -0.4 is 9.46 Å². The third kappa shape index (κ3) is 4.86. The summed E-state index contributed by atoms with van der Waals surface area (Å²) in [4.78, 5) is 13.2. The molecule has 3 rings (SSSR count).